The standard InChI is InChI=1S/C17H12Cl2N2/c18-15-7-4-8-16(17(15)19)20-11-13-9-10-21(12-13)14-5-2-1-3-6-14/h1-12H. The molecule has 4 heteroatoms. The van der Waals surface area contributed by atoms with Gasteiger partial charge in [-0.2, -0.15) is 0 Å². The Morgan fingerprint density at radius 2 is 1.71 bits per heavy atom. The van der Waals surface area contributed by atoms with E-state index >= 15 is 0 Å². The zero-order valence-corrected chi connectivity index (χ0v) is 12.6. The molecule has 2 aromatic carbocycles. The van der Waals surface area contributed by atoms with Crippen molar-refractivity contribution in [1.82, 2.24) is 4.57 Å². The summed E-state index contributed by atoms with van der Waals surface area (Å²) in [4.78, 5) is 4.39. The summed E-state index contributed by atoms with van der Waals surface area (Å²) < 4.78 is 2.04. The maximum absolute atomic E-state index is 6.11. The van der Waals surface area contributed by atoms with Crippen LogP contribution in [0.3, 0.4) is 0 Å². The fraction of sp³-hybridized carbons (Fsp3) is 0. The largest absolute Gasteiger partial charge is 0.323 e. The summed E-state index contributed by atoms with van der Waals surface area (Å²) in [7, 11) is 0. The second kappa shape index (κ2) is 6.17. The molecule has 3 rings (SSSR count). The molecule has 0 N–H and O–H groups in total. The predicted octanol–water partition coefficient (Wildman–Crippen LogP) is 5.53. The molecule has 0 spiro atoms. The fourth-order valence-corrected chi connectivity index (χ4v) is 2.33. The summed E-state index contributed by atoms with van der Waals surface area (Å²) in [5, 5.41) is 0.978. The van der Waals surface area contributed by atoms with Crippen molar-refractivity contribution in [3.63, 3.8) is 0 Å². The molecular formula is C17H12Cl2N2. The van der Waals surface area contributed by atoms with Crippen LogP contribution in [-0.4, -0.2) is 10.8 Å². The molecule has 0 saturated heterocycles. The van der Waals surface area contributed by atoms with Gasteiger partial charge in [0.25, 0.3) is 0 Å². The monoisotopic (exact) mass is 314 g/mol. The molecule has 0 fully saturated rings. The van der Waals surface area contributed by atoms with Gasteiger partial charge in [0, 0.05) is 29.9 Å². The zero-order valence-electron chi connectivity index (χ0n) is 11.1. The van der Waals surface area contributed by atoms with E-state index in [0.29, 0.717) is 15.7 Å². The number of nitrogens with zero attached hydrogens (tertiary/aromatic N) is 2. The summed E-state index contributed by atoms with van der Waals surface area (Å²) in [6.07, 6.45) is 5.78. The average Bonchev–Trinajstić information content (AvgIpc) is 2.99. The second-order valence-electron chi connectivity index (χ2n) is 4.52. The molecule has 0 aliphatic rings. The van der Waals surface area contributed by atoms with Gasteiger partial charge in [-0.05, 0) is 30.3 Å². The van der Waals surface area contributed by atoms with Crippen LogP contribution in [0.15, 0.2) is 72.0 Å². The summed E-state index contributed by atoms with van der Waals surface area (Å²) in [6, 6.07) is 17.5. The number of halogens is 2. The van der Waals surface area contributed by atoms with E-state index in [2.05, 4.69) is 17.1 Å². The highest BCUT2D eigenvalue weighted by Gasteiger charge is 2.02. The van der Waals surface area contributed by atoms with Gasteiger partial charge in [-0.1, -0.05) is 47.5 Å². The van der Waals surface area contributed by atoms with Crippen LogP contribution in [0.5, 0.6) is 0 Å². The maximum Gasteiger partial charge on any atom is 0.0848 e. The number of benzene rings is 2. The fourth-order valence-electron chi connectivity index (χ4n) is 1.99. The SMILES string of the molecule is Clc1cccc(N=Cc2ccn(-c3ccccc3)c2)c1Cl. The Morgan fingerprint density at radius 3 is 2.52 bits per heavy atom. The molecule has 0 aliphatic carbocycles. The van der Waals surface area contributed by atoms with Crippen LogP contribution in [0.2, 0.25) is 10.0 Å². The van der Waals surface area contributed by atoms with Gasteiger partial charge >= 0.3 is 0 Å². The smallest absolute Gasteiger partial charge is 0.0848 e. The van der Waals surface area contributed by atoms with Crippen molar-refractivity contribution < 1.29 is 0 Å². The minimum absolute atomic E-state index is 0.470. The van der Waals surface area contributed by atoms with Gasteiger partial charge in [-0.15, -0.1) is 0 Å². The Balaban J connectivity index is 1.85. The Morgan fingerprint density at radius 1 is 0.905 bits per heavy atom. The summed E-state index contributed by atoms with van der Waals surface area (Å²) in [5.41, 5.74) is 2.77. The van der Waals surface area contributed by atoms with Crippen LogP contribution in [0, 0.1) is 0 Å². The lowest BCUT2D eigenvalue weighted by Gasteiger charge is -2.00. The lowest BCUT2D eigenvalue weighted by Crippen LogP contribution is -1.88. The molecule has 1 heterocycles. The molecule has 0 bridgehead atoms. The first-order chi connectivity index (χ1) is 10.2. The van der Waals surface area contributed by atoms with Crippen molar-refractivity contribution in [3.8, 4) is 5.69 Å². The zero-order chi connectivity index (χ0) is 14.7. The van der Waals surface area contributed by atoms with Gasteiger partial charge in [-0.3, -0.25) is 4.99 Å². The molecule has 0 aliphatic heterocycles. The van der Waals surface area contributed by atoms with Crippen molar-refractivity contribution in [1.29, 1.82) is 0 Å². The molecule has 104 valence electrons. The Hall–Kier alpha value is -2.03. The highest BCUT2D eigenvalue weighted by atomic mass is 35.5. The molecule has 2 nitrogen and oxygen atoms in total. The van der Waals surface area contributed by atoms with Gasteiger partial charge in [-0.25, -0.2) is 0 Å². The maximum atomic E-state index is 6.11. The highest BCUT2D eigenvalue weighted by Crippen LogP contribution is 2.31. The summed E-state index contributed by atoms with van der Waals surface area (Å²) >= 11 is 12.1. The second-order valence-corrected chi connectivity index (χ2v) is 5.30. The van der Waals surface area contributed by atoms with E-state index in [9.17, 15) is 0 Å². The third-order valence-corrected chi connectivity index (χ3v) is 3.86. The van der Waals surface area contributed by atoms with Gasteiger partial charge in [0.1, 0.15) is 0 Å². The van der Waals surface area contributed by atoms with Crippen molar-refractivity contribution in [3.05, 3.63) is 82.6 Å². The quantitative estimate of drug-likeness (QED) is 0.565. The summed E-state index contributed by atoms with van der Waals surface area (Å²) in [6.45, 7) is 0. The van der Waals surface area contributed by atoms with Crippen molar-refractivity contribution >= 4 is 35.1 Å². The lowest BCUT2D eigenvalue weighted by atomic mass is 10.3. The molecule has 21 heavy (non-hydrogen) atoms. The highest BCUT2D eigenvalue weighted by molar-refractivity contribution is 6.43. The molecule has 3 aromatic rings. The number of hydrogen-bond acceptors (Lipinski definition) is 1. The number of para-hydroxylation sites is 1. The van der Waals surface area contributed by atoms with E-state index < -0.39 is 0 Å². The molecule has 0 saturated carbocycles. The molecule has 0 atom stereocenters. The van der Waals surface area contributed by atoms with Crippen LogP contribution in [-0.2, 0) is 0 Å². The van der Waals surface area contributed by atoms with Crippen molar-refractivity contribution in [2.75, 3.05) is 0 Å². The van der Waals surface area contributed by atoms with E-state index in [1.54, 1.807) is 12.3 Å². The number of hydrogen-bond donors (Lipinski definition) is 0. The first-order valence-corrected chi connectivity index (χ1v) is 7.21. The number of rotatable bonds is 3. The van der Waals surface area contributed by atoms with Crippen molar-refractivity contribution in [2.24, 2.45) is 4.99 Å². The van der Waals surface area contributed by atoms with Crippen LogP contribution < -0.4 is 0 Å². The van der Waals surface area contributed by atoms with Gasteiger partial charge < -0.3 is 4.57 Å². The van der Waals surface area contributed by atoms with Crippen LogP contribution in [0.1, 0.15) is 5.56 Å². The molecule has 1 aromatic heterocycles. The van der Waals surface area contributed by atoms with E-state index in [1.165, 1.54) is 0 Å². The third kappa shape index (κ3) is 3.18. The number of aromatic nitrogens is 1. The Kier molecular flexibility index (Phi) is 4.09. The minimum Gasteiger partial charge on any atom is -0.323 e. The summed E-state index contributed by atoms with van der Waals surface area (Å²) in [5.74, 6) is 0. The molecule has 0 unspecified atom stereocenters. The van der Waals surface area contributed by atoms with Crippen LogP contribution >= 0.6 is 23.2 Å². The van der Waals surface area contributed by atoms with E-state index in [-0.39, 0.29) is 0 Å². The minimum atomic E-state index is 0.470. The van der Waals surface area contributed by atoms with E-state index in [0.717, 1.165) is 11.3 Å². The molecular weight excluding hydrogens is 303 g/mol. The lowest BCUT2D eigenvalue weighted by molar-refractivity contribution is 1.08. The van der Waals surface area contributed by atoms with Gasteiger partial charge in [0.15, 0.2) is 0 Å². The van der Waals surface area contributed by atoms with Crippen molar-refractivity contribution in [2.45, 2.75) is 0 Å². The topological polar surface area (TPSA) is 17.3 Å². The van der Waals surface area contributed by atoms with E-state index in [4.69, 9.17) is 23.2 Å². The molecule has 0 amide bonds. The van der Waals surface area contributed by atoms with Crippen LogP contribution in [0.25, 0.3) is 5.69 Å². The number of aliphatic imine (C=N–C) groups is 1. The predicted molar refractivity (Wildman–Crippen MR) is 89.5 cm³/mol. The van der Waals surface area contributed by atoms with Gasteiger partial charge in [0.05, 0.1) is 15.7 Å². The van der Waals surface area contributed by atoms with Crippen LogP contribution in [0.4, 0.5) is 5.69 Å². The third-order valence-electron chi connectivity index (χ3n) is 3.05. The Labute approximate surface area is 133 Å². The molecule has 0 radical (unpaired) electrons. The average molecular weight is 315 g/mol. The first-order valence-electron chi connectivity index (χ1n) is 6.45. The normalized spacial score (nSPS) is 11.1. The Bertz CT molecular complexity index is 776. The first kappa shape index (κ1) is 13.9. The van der Waals surface area contributed by atoms with Gasteiger partial charge in [0.2, 0.25) is 0 Å². The van der Waals surface area contributed by atoms with E-state index in [1.807, 2.05) is 53.4 Å².